The minimum atomic E-state index is -0.822. The molecule has 3 nitrogen and oxygen atoms in total. The van der Waals surface area contributed by atoms with Gasteiger partial charge in [0.05, 0.1) is 12.7 Å². The van der Waals surface area contributed by atoms with Crippen LogP contribution in [0.3, 0.4) is 0 Å². The van der Waals surface area contributed by atoms with Crippen molar-refractivity contribution in [3.8, 4) is 5.75 Å². The third-order valence-corrected chi connectivity index (χ3v) is 4.11. The zero-order chi connectivity index (χ0) is 14.2. The lowest BCUT2D eigenvalue weighted by molar-refractivity contribution is 0.0384. The number of hydrogen-bond acceptors (Lipinski definition) is 3. The van der Waals surface area contributed by atoms with Crippen LogP contribution in [0, 0.1) is 0 Å². The molecule has 3 rings (SSSR count). The molecule has 1 atom stereocenters. The van der Waals surface area contributed by atoms with Crippen LogP contribution in [0.15, 0.2) is 42.5 Å². The molecule has 0 heterocycles. The van der Waals surface area contributed by atoms with E-state index in [2.05, 4.69) is 0 Å². The number of aryl methyl sites for hydroxylation is 1. The third kappa shape index (κ3) is 2.14. The van der Waals surface area contributed by atoms with Crippen molar-refractivity contribution in [2.75, 3.05) is 12.8 Å². The van der Waals surface area contributed by atoms with Crippen molar-refractivity contribution in [3.05, 3.63) is 59.2 Å². The van der Waals surface area contributed by atoms with Crippen LogP contribution in [0.1, 0.15) is 23.1 Å². The smallest absolute Gasteiger partial charge is 0.122 e. The van der Waals surface area contributed by atoms with Gasteiger partial charge in [0, 0.05) is 12.1 Å². The van der Waals surface area contributed by atoms with Gasteiger partial charge >= 0.3 is 0 Å². The molecule has 1 aliphatic carbocycles. The Morgan fingerprint density at radius 3 is 2.85 bits per heavy atom. The number of benzene rings is 2. The van der Waals surface area contributed by atoms with Crippen LogP contribution >= 0.6 is 0 Å². The van der Waals surface area contributed by atoms with E-state index in [0.717, 1.165) is 41.0 Å². The standard InChI is InChI=1S/C17H19NO2/c1-20-16-5-3-2-4-13(16)11-17(19)9-8-12-10-14(18)6-7-15(12)17/h2-7,10,19H,8-9,11,18H2,1H3. The summed E-state index contributed by atoms with van der Waals surface area (Å²) in [6.45, 7) is 0. The highest BCUT2D eigenvalue weighted by Crippen LogP contribution is 2.41. The minimum absolute atomic E-state index is 0.563. The highest BCUT2D eigenvalue weighted by atomic mass is 16.5. The SMILES string of the molecule is COc1ccccc1CC1(O)CCc2cc(N)ccc21. The maximum Gasteiger partial charge on any atom is 0.122 e. The number of rotatable bonds is 3. The summed E-state index contributed by atoms with van der Waals surface area (Å²) in [6, 6.07) is 13.6. The fraction of sp³-hybridized carbons (Fsp3) is 0.294. The number of hydrogen-bond donors (Lipinski definition) is 2. The number of nitrogen functional groups attached to an aromatic ring is 1. The quantitative estimate of drug-likeness (QED) is 0.842. The molecule has 1 aliphatic rings. The highest BCUT2D eigenvalue weighted by molar-refractivity contribution is 5.50. The Labute approximate surface area is 119 Å². The maximum absolute atomic E-state index is 11.0. The number of anilines is 1. The fourth-order valence-corrected chi connectivity index (χ4v) is 3.10. The molecule has 2 aromatic carbocycles. The van der Waals surface area contributed by atoms with Crippen molar-refractivity contribution in [3.63, 3.8) is 0 Å². The molecule has 104 valence electrons. The van der Waals surface area contributed by atoms with E-state index in [9.17, 15) is 5.11 Å². The number of methoxy groups -OCH3 is 1. The molecule has 0 aromatic heterocycles. The lowest BCUT2D eigenvalue weighted by Gasteiger charge is -2.25. The second kappa shape index (κ2) is 4.84. The van der Waals surface area contributed by atoms with Crippen LogP contribution in [0.4, 0.5) is 5.69 Å². The molecule has 0 saturated carbocycles. The molecule has 0 fully saturated rings. The number of fused-ring (bicyclic) bond motifs is 1. The van der Waals surface area contributed by atoms with Gasteiger partial charge in [-0.2, -0.15) is 0 Å². The maximum atomic E-state index is 11.0. The van der Waals surface area contributed by atoms with E-state index in [1.54, 1.807) is 7.11 Å². The predicted molar refractivity (Wildman–Crippen MR) is 79.8 cm³/mol. The normalized spacial score (nSPS) is 20.7. The number of aliphatic hydroxyl groups is 1. The van der Waals surface area contributed by atoms with Crippen LogP contribution in [0.2, 0.25) is 0 Å². The first-order chi connectivity index (χ1) is 9.62. The van der Waals surface area contributed by atoms with E-state index >= 15 is 0 Å². The van der Waals surface area contributed by atoms with Crippen molar-refractivity contribution >= 4 is 5.69 Å². The lowest BCUT2D eigenvalue weighted by Crippen LogP contribution is -2.25. The van der Waals surface area contributed by atoms with Crippen molar-refractivity contribution in [2.24, 2.45) is 0 Å². The van der Waals surface area contributed by atoms with Crippen LogP contribution in [0.5, 0.6) is 5.75 Å². The highest BCUT2D eigenvalue weighted by Gasteiger charge is 2.37. The second-order valence-corrected chi connectivity index (χ2v) is 5.44. The second-order valence-electron chi connectivity index (χ2n) is 5.44. The number of para-hydroxylation sites is 1. The summed E-state index contributed by atoms with van der Waals surface area (Å²) in [5, 5.41) is 11.0. The monoisotopic (exact) mass is 269 g/mol. The molecule has 0 saturated heterocycles. The van der Waals surface area contributed by atoms with Crippen LogP contribution in [-0.2, 0) is 18.4 Å². The molecule has 0 radical (unpaired) electrons. The molecular formula is C17H19NO2. The topological polar surface area (TPSA) is 55.5 Å². The van der Waals surface area contributed by atoms with Gasteiger partial charge in [0.1, 0.15) is 5.75 Å². The first-order valence-corrected chi connectivity index (χ1v) is 6.85. The lowest BCUT2D eigenvalue weighted by atomic mass is 9.88. The molecule has 3 N–H and O–H groups in total. The molecule has 20 heavy (non-hydrogen) atoms. The van der Waals surface area contributed by atoms with Crippen LogP contribution in [-0.4, -0.2) is 12.2 Å². The Morgan fingerprint density at radius 2 is 2.05 bits per heavy atom. The summed E-state index contributed by atoms with van der Waals surface area (Å²) in [5.41, 5.74) is 8.93. The van der Waals surface area contributed by atoms with E-state index < -0.39 is 5.60 Å². The molecule has 3 heteroatoms. The van der Waals surface area contributed by atoms with Gasteiger partial charge in [0.15, 0.2) is 0 Å². The van der Waals surface area contributed by atoms with Crippen molar-refractivity contribution in [1.82, 2.24) is 0 Å². The fourth-order valence-electron chi connectivity index (χ4n) is 3.10. The molecule has 2 aromatic rings. The molecule has 0 amide bonds. The largest absolute Gasteiger partial charge is 0.496 e. The summed E-state index contributed by atoms with van der Waals surface area (Å²) >= 11 is 0. The van der Waals surface area contributed by atoms with E-state index in [1.165, 1.54) is 0 Å². The average Bonchev–Trinajstić information content (AvgIpc) is 2.76. The average molecular weight is 269 g/mol. The predicted octanol–water partition coefficient (Wildman–Crippen LogP) is 2.65. The number of ether oxygens (including phenoxy) is 1. The van der Waals surface area contributed by atoms with Crippen molar-refractivity contribution in [1.29, 1.82) is 0 Å². The third-order valence-electron chi connectivity index (χ3n) is 4.11. The Hall–Kier alpha value is -2.00. The molecule has 0 aliphatic heterocycles. The molecule has 0 spiro atoms. The molecule has 0 bridgehead atoms. The van der Waals surface area contributed by atoms with Crippen LogP contribution < -0.4 is 10.5 Å². The van der Waals surface area contributed by atoms with E-state index in [-0.39, 0.29) is 0 Å². The van der Waals surface area contributed by atoms with Gasteiger partial charge in [-0.3, -0.25) is 0 Å². The van der Waals surface area contributed by atoms with E-state index in [0.29, 0.717) is 6.42 Å². The Bertz CT molecular complexity index is 639. The van der Waals surface area contributed by atoms with Gasteiger partial charge in [-0.1, -0.05) is 24.3 Å². The van der Waals surface area contributed by atoms with Crippen molar-refractivity contribution in [2.45, 2.75) is 24.9 Å². The zero-order valence-electron chi connectivity index (χ0n) is 11.6. The minimum Gasteiger partial charge on any atom is -0.496 e. The van der Waals surface area contributed by atoms with Gasteiger partial charge in [-0.25, -0.2) is 0 Å². The van der Waals surface area contributed by atoms with Gasteiger partial charge in [0.25, 0.3) is 0 Å². The Morgan fingerprint density at radius 1 is 1.25 bits per heavy atom. The van der Waals surface area contributed by atoms with Crippen molar-refractivity contribution < 1.29 is 9.84 Å². The molecule has 1 unspecified atom stereocenters. The zero-order valence-corrected chi connectivity index (χ0v) is 11.6. The van der Waals surface area contributed by atoms with Gasteiger partial charge in [0.2, 0.25) is 0 Å². The summed E-state index contributed by atoms with van der Waals surface area (Å²) in [7, 11) is 1.66. The van der Waals surface area contributed by atoms with Gasteiger partial charge in [-0.05, 0) is 47.7 Å². The Balaban J connectivity index is 1.96. The summed E-state index contributed by atoms with van der Waals surface area (Å²) in [5.74, 6) is 0.824. The van der Waals surface area contributed by atoms with E-state index in [1.807, 2.05) is 42.5 Å². The summed E-state index contributed by atoms with van der Waals surface area (Å²) in [4.78, 5) is 0. The first kappa shape index (κ1) is 13.0. The Kier molecular flexibility index (Phi) is 3.14. The van der Waals surface area contributed by atoms with Crippen LogP contribution in [0.25, 0.3) is 0 Å². The summed E-state index contributed by atoms with van der Waals surface area (Å²) in [6.07, 6.45) is 2.16. The van der Waals surface area contributed by atoms with Gasteiger partial charge in [-0.15, -0.1) is 0 Å². The number of nitrogens with two attached hydrogens (primary N) is 1. The first-order valence-electron chi connectivity index (χ1n) is 6.85. The van der Waals surface area contributed by atoms with E-state index in [4.69, 9.17) is 10.5 Å². The summed E-state index contributed by atoms with van der Waals surface area (Å²) < 4.78 is 5.38. The van der Waals surface area contributed by atoms with Gasteiger partial charge < -0.3 is 15.6 Å². The molecular weight excluding hydrogens is 250 g/mol.